The second-order valence-corrected chi connectivity index (χ2v) is 6.69. The standard InChI is InChI=1S/C21H21N3O/c1-14-6-5-9-17(12-14)22-21(25)16-10-11-19-18(13-16)20(24-23-19)15-7-3-2-4-8-15/h2-9,12,16H,10-11,13H2,1H3,(H,22,25)(H,23,24). The van der Waals surface area contributed by atoms with E-state index in [-0.39, 0.29) is 11.8 Å². The fourth-order valence-corrected chi connectivity index (χ4v) is 3.52. The number of aromatic nitrogens is 2. The molecule has 1 heterocycles. The van der Waals surface area contributed by atoms with Crippen LogP contribution in [0, 0.1) is 12.8 Å². The normalized spacial score (nSPS) is 16.3. The Balaban J connectivity index is 1.54. The van der Waals surface area contributed by atoms with Gasteiger partial charge in [0.25, 0.3) is 0 Å². The van der Waals surface area contributed by atoms with Crippen LogP contribution in [0.3, 0.4) is 0 Å². The Kier molecular flexibility index (Phi) is 4.10. The summed E-state index contributed by atoms with van der Waals surface area (Å²) in [6.45, 7) is 2.03. The Morgan fingerprint density at radius 1 is 1.16 bits per heavy atom. The Morgan fingerprint density at radius 3 is 2.80 bits per heavy atom. The fraction of sp³-hybridized carbons (Fsp3) is 0.238. The molecule has 0 radical (unpaired) electrons. The number of aryl methyl sites for hydroxylation is 2. The molecule has 1 amide bonds. The second-order valence-electron chi connectivity index (χ2n) is 6.69. The van der Waals surface area contributed by atoms with Crippen molar-refractivity contribution in [1.29, 1.82) is 0 Å². The Morgan fingerprint density at radius 2 is 2.00 bits per heavy atom. The minimum absolute atomic E-state index is 0.0203. The van der Waals surface area contributed by atoms with Crippen molar-refractivity contribution in [2.45, 2.75) is 26.2 Å². The molecular weight excluding hydrogens is 310 g/mol. The molecule has 2 aromatic carbocycles. The highest BCUT2D eigenvalue weighted by molar-refractivity contribution is 5.93. The molecule has 2 N–H and O–H groups in total. The average Bonchev–Trinajstić information content (AvgIpc) is 3.05. The largest absolute Gasteiger partial charge is 0.326 e. The summed E-state index contributed by atoms with van der Waals surface area (Å²) in [7, 11) is 0. The van der Waals surface area contributed by atoms with Gasteiger partial charge in [0.2, 0.25) is 5.91 Å². The maximum absolute atomic E-state index is 12.7. The smallest absolute Gasteiger partial charge is 0.227 e. The molecule has 1 aliphatic carbocycles. The molecule has 1 aliphatic rings. The summed E-state index contributed by atoms with van der Waals surface area (Å²) < 4.78 is 0. The molecule has 1 atom stereocenters. The van der Waals surface area contributed by atoms with Gasteiger partial charge in [-0.2, -0.15) is 5.10 Å². The van der Waals surface area contributed by atoms with Crippen LogP contribution in [-0.4, -0.2) is 16.1 Å². The monoisotopic (exact) mass is 331 g/mol. The van der Waals surface area contributed by atoms with Crippen molar-refractivity contribution in [2.24, 2.45) is 5.92 Å². The van der Waals surface area contributed by atoms with Crippen LogP contribution in [0.25, 0.3) is 11.3 Å². The highest BCUT2D eigenvalue weighted by Gasteiger charge is 2.28. The van der Waals surface area contributed by atoms with Gasteiger partial charge < -0.3 is 5.32 Å². The summed E-state index contributed by atoms with van der Waals surface area (Å²) in [5, 5.41) is 10.7. The minimum Gasteiger partial charge on any atom is -0.326 e. The molecule has 0 saturated carbocycles. The van der Waals surface area contributed by atoms with E-state index in [1.54, 1.807) is 0 Å². The maximum atomic E-state index is 12.7. The van der Waals surface area contributed by atoms with Crippen molar-refractivity contribution >= 4 is 11.6 Å². The zero-order valence-corrected chi connectivity index (χ0v) is 14.3. The summed E-state index contributed by atoms with van der Waals surface area (Å²) in [5.74, 6) is 0.0736. The van der Waals surface area contributed by atoms with Crippen LogP contribution in [0.5, 0.6) is 0 Å². The predicted molar refractivity (Wildman–Crippen MR) is 99.3 cm³/mol. The van der Waals surface area contributed by atoms with Crippen molar-refractivity contribution in [3.8, 4) is 11.3 Å². The summed E-state index contributed by atoms with van der Waals surface area (Å²) in [6, 6.07) is 18.1. The summed E-state index contributed by atoms with van der Waals surface area (Å²) >= 11 is 0. The first-order valence-corrected chi connectivity index (χ1v) is 8.70. The number of benzene rings is 2. The van der Waals surface area contributed by atoms with E-state index in [2.05, 4.69) is 27.6 Å². The molecule has 0 bridgehead atoms. The van der Waals surface area contributed by atoms with Gasteiger partial charge in [0.1, 0.15) is 0 Å². The number of carbonyl (C=O) groups excluding carboxylic acids is 1. The number of hydrogen-bond acceptors (Lipinski definition) is 2. The number of hydrogen-bond donors (Lipinski definition) is 2. The molecule has 4 rings (SSSR count). The number of nitrogens with one attached hydrogen (secondary N) is 2. The van der Waals surface area contributed by atoms with E-state index in [9.17, 15) is 4.79 Å². The number of amides is 1. The lowest BCUT2D eigenvalue weighted by molar-refractivity contribution is -0.120. The lowest BCUT2D eigenvalue weighted by atomic mass is 9.85. The average molecular weight is 331 g/mol. The predicted octanol–water partition coefficient (Wildman–Crippen LogP) is 4.13. The molecule has 4 heteroatoms. The summed E-state index contributed by atoms with van der Waals surface area (Å²) in [4.78, 5) is 12.7. The van der Waals surface area contributed by atoms with Gasteiger partial charge in [-0.1, -0.05) is 42.5 Å². The van der Waals surface area contributed by atoms with Crippen molar-refractivity contribution in [3.63, 3.8) is 0 Å². The van der Waals surface area contributed by atoms with Gasteiger partial charge >= 0.3 is 0 Å². The van der Waals surface area contributed by atoms with E-state index in [0.29, 0.717) is 0 Å². The van der Waals surface area contributed by atoms with Crippen LogP contribution < -0.4 is 5.32 Å². The molecule has 3 aromatic rings. The van der Waals surface area contributed by atoms with E-state index in [0.717, 1.165) is 41.8 Å². The number of carbonyl (C=O) groups is 1. The fourth-order valence-electron chi connectivity index (χ4n) is 3.52. The van der Waals surface area contributed by atoms with Crippen molar-refractivity contribution < 1.29 is 4.79 Å². The molecule has 4 nitrogen and oxygen atoms in total. The number of fused-ring (bicyclic) bond motifs is 1. The van der Waals surface area contributed by atoms with Crippen LogP contribution in [0.2, 0.25) is 0 Å². The third kappa shape index (κ3) is 3.20. The van der Waals surface area contributed by atoms with E-state index >= 15 is 0 Å². The van der Waals surface area contributed by atoms with Crippen LogP contribution in [-0.2, 0) is 17.6 Å². The lowest BCUT2D eigenvalue weighted by Gasteiger charge is -2.22. The first kappa shape index (κ1) is 15.6. The van der Waals surface area contributed by atoms with Gasteiger partial charge in [-0.15, -0.1) is 0 Å². The van der Waals surface area contributed by atoms with Gasteiger partial charge in [0.05, 0.1) is 5.69 Å². The topological polar surface area (TPSA) is 57.8 Å². The number of anilines is 1. The molecule has 0 saturated heterocycles. The molecule has 0 spiro atoms. The molecule has 0 fully saturated rings. The van der Waals surface area contributed by atoms with Gasteiger partial charge in [0.15, 0.2) is 0 Å². The number of rotatable bonds is 3. The molecule has 25 heavy (non-hydrogen) atoms. The van der Waals surface area contributed by atoms with Crippen LogP contribution >= 0.6 is 0 Å². The third-order valence-corrected chi connectivity index (χ3v) is 4.85. The van der Waals surface area contributed by atoms with Crippen molar-refractivity contribution in [1.82, 2.24) is 10.2 Å². The zero-order valence-electron chi connectivity index (χ0n) is 14.3. The van der Waals surface area contributed by atoms with Gasteiger partial charge in [-0.25, -0.2) is 0 Å². The van der Waals surface area contributed by atoms with Crippen molar-refractivity contribution in [2.75, 3.05) is 5.32 Å². The first-order valence-electron chi connectivity index (χ1n) is 8.70. The number of nitrogens with zero attached hydrogens (tertiary/aromatic N) is 1. The lowest BCUT2D eigenvalue weighted by Crippen LogP contribution is -2.28. The van der Waals surface area contributed by atoms with E-state index in [1.807, 2.05) is 49.4 Å². The third-order valence-electron chi connectivity index (χ3n) is 4.85. The van der Waals surface area contributed by atoms with Gasteiger partial charge in [-0.3, -0.25) is 9.89 Å². The summed E-state index contributed by atoms with van der Waals surface area (Å²) in [6.07, 6.45) is 2.44. The van der Waals surface area contributed by atoms with Crippen LogP contribution in [0.15, 0.2) is 54.6 Å². The first-order chi connectivity index (χ1) is 12.2. The van der Waals surface area contributed by atoms with E-state index in [1.165, 1.54) is 11.3 Å². The van der Waals surface area contributed by atoms with Crippen LogP contribution in [0.4, 0.5) is 5.69 Å². The Hall–Kier alpha value is -2.88. The van der Waals surface area contributed by atoms with Crippen LogP contribution in [0.1, 0.15) is 23.2 Å². The number of H-pyrrole nitrogens is 1. The van der Waals surface area contributed by atoms with Gasteiger partial charge in [-0.05, 0) is 43.9 Å². The maximum Gasteiger partial charge on any atom is 0.227 e. The minimum atomic E-state index is -0.0203. The van der Waals surface area contributed by atoms with E-state index in [4.69, 9.17) is 0 Å². The molecule has 126 valence electrons. The summed E-state index contributed by atoms with van der Waals surface area (Å²) in [5.41, 5.74) is 6.43. The highest BCUT2D eigenvalue weighted by atomic mass is 16.1. The number of aromatic amines is 1. The van der Waals surface area contributed by atoms with E-state index < -0.39 is 0 Å². The molecule has 1 aromatic heterocycles. The van der Waals surface area contributed by atoms with Crippen molar-refractivity contribution in [3.05, 3.63) is 71.4 Å². The second kappa shape index (κ2) is 6.55. The Bertz CT molecular complexity index is 899. The highest BCUT2D eigenvalue weighted by Crippen LogP contribution is 2.32. The molecule has 0 aliphatic heterocycles. The molecular formula is C21H21N3O. The zero-order chi connectivity index (χ0) is 17.2. The quantitative estimate of drug-likeness (QED) is 0.758. The SMILES string of the molecule is Cc1cccc(NC(=O)C2CCc3[nH]nc(-c4ccccc4)c3C2)c1. The Labute approximate surface area is 147 Å². The molecule has 1 unspecified atom stereocenters. The van der Waals surface area contributed by atoms with Gasteiger partial charge in [0, 0.05) is 28.4 Å².